The predicted octanol–water partition coefficient (Wildman–Crippen LogP) is 2.66. The van der Waals surface area contributed by atoms with Crippen LogP contribution >= 0.6 is 0 Å². The molecule has 0 aliphatic carbocycles. The number of likely N-dealkylation sites (tertiary alicyclic amines) is 1. The molecule has 1 fully saturated rings. The molecule has 3 heterocycles. The number of piperidine rings is 1. The first-order valence-electron chi connectivity index (χ1n) is 11.8. The Kier molecular flexibility index (Phi) is 7.70. The number of carbonyl (C=O) groups is 1. The Morgan fingerprint density at radius 1 is 1.26 bits per heavy atom. The van der Waals surface area contributed by atoms with Crippen LogP contribution in [0.4, 0.5) is 11.6 Å². The van der Waals surface area contributed by atoms with Crippen molar-refractivity contribution in [1.82, 2.24) is 30.0 Å². The van der Waals surface area contributed by atoms with E-state index in [9.17, 15) is 4.79 Å². The number of benzene rings is 1. The van der Waals surface area contributed by atoms with Crippen LogP contribution in [0.1, 0.15) is 41.7 Å². The summed E-state index contributed by atoms with van der Waals surface area (Å²) in [4.78, 5) is 23.6. The van der Waals surface area contributed by atoms with Crippen molar-refractivity contribution in [3.63, 3.8) is 0 Å². The predicted molar refractivity (Wildman–Crippen MR) is 132 cm³/mol. The number of aliphatic hydroxyl groups is 1. The molecule has 1 saturated heterocycles. The number of nitriles is 1. The molecule has 0 bridgehead atoms. The average Bonchev–Trinajstić information content (AvgIpc) is 3.34. The summed E-state index contributed by atoms with van der Waals surface area (Å²) in [7, 11) is 0. The summed E-state index contributed by atoms with van der Waals surface area (Å²) < 4.78 is 1.99. The monoisotopic (exact) mass is 474 g/mol. The molecule has 1 atom stereocenters. The minimum Gasteiger partial charge on any atom is -0.395 e. The number of aryl methyl sites for hydroxylation is 1. The van der Waals surface area contributed by atoms with Crippen molar-refractivity contribution in [3.05, 3.63) is 54.0 Å². The summed E-state index contributed by atoms with van der Waals surface area (Å²) in [6.45, 7) is 6.40. The van der Waals surface area contributed by atoms with Crippen LogP contribution in [0.2, 0.25) is 0 Å². The molecule has 10 heteroatoms. The molecule has 2 aromatic heterocycles. The minimum absolute atomic E-state index is 0.195. The van der Waals surface area contributed by atoms with Crippen molar-refractivity contribution < 1.29 is 9.90 Å². The van der Waals surface area contributed by atoms with E-state index in [1.165, 1.54) is 0 Å². The van der Waals surface area contributed by atoms with Gasteiger partial charge in [-0.05, 0) is 44.4 Å². The SMILES string of the molecule is Cc1cnc(Nc2cnn(C3CCN(CCO)CC3)c2)nc1-c1ccc(C(=O)NC(C)C#N)cc1. The Bertz CT molecular complexity index is 1190. The highest BCUT2D eigenvalue weighted by Crippen LogP contribution is 2.26. The Morgan fingerprint density at radius 2 is 2.00 bits per heavy atom. The quantitative estimate of drug-likeness (QED) is 0.454. The molecule has 10 nitrogen and oxygen atoms in total. The van der Waals surface area contributed by atoms with E-state index in [2.05, 4.69) is 25.6 Å². The van der Waals surface area contributed by atoms with Gasteiger partial charge in [0.2, 0.25) is 5.95 Å². The molecule has 3 N–H and O–H groups in total. The molecule has 1 aliphatic rings. The summed E-state index contributed by atoms with van der Waals surface area (Å²) >= 11 is 0. The molecule has 0 radical (unpaired) electrons. The average molecular weight is 475 g/mol. The van der Waals surface area contributed by atoms with E-state index >= 15 is 0 Å². The fourth-order valence-corrected chi connectivity index (χ4v) is 4.17. The molecule has 182 valence electrons. The van der Waals surface area contributed by atoms with Gasteiger partial charge in [0.1, 0.15) is 6.04 Å². The number of rotatable bonds is 8. The number of amides is 1. The van der Waals surface area contributed by atoms with Gasteiger partial charge >= 0.3 is 0 Å². The topological polar surface area (TPSA) is 132 Å². The van der Waals surface area contributed by atoms with Gasteiger partial charge in [-0.1, -0.05) is 12.1 Å². The maximum absolute atomic E-state index is 12.2. The molecule has 1 unspecified atom stereocenters. The van der Waals surface area contributed by atoms with E-state index in [0.29, 0.717) is 17.6 Å². The molecule has 0 saturated carbocycles. The van der Waals surface area contributed by atoms with Gasteiger partial charge in [0.15, 0.2) is 0 Å². The fraction of sp³-hybridized carbons (Fsp3) is 0.400. The largest absolute Gasteiger partial charge is 0.395 e. The highest BCUT2D eigenvalue weighted by Gasteiger charge is 2.21. The maximum Gasteiger partial charge on any atom is 0.252 e. The zero-order valence-corrected chi connectivity index (χ0v) is 20.0. The first-order valence-corrected chi connectivity index (χ1v) is 11.8. The third-order valence-electron chi connectivity index (χ3n) is 6.14. The molecule has 1 amide bonds. The van der Waals surface area contributed by atoms with Crippen LogP contribution in [0, 0.1) is 18.3 Å². The summed E-state index contributed by atoms with van der Waals surface area (Å²) in [6.07, 6.45) is 7.51. The van der Waals surface area contributed by atoms with Crippen LogP contribution in [-0.2, 0) is 0 Å². The van der Waals surface area contributed by atoms with Gasteiger partial charge in [-0.3, -0.25) is 9.48 Å². The molecule has 3 aromatic rings. The van der Waals surface area contributed by atoms with E-state index < -0.39 is 6.04 Å². The molecule has 0 spiro atoms. The van der Waals surface area contributed by atoms with Crippen molar-refractivity contribution >= 4 is 17.5 Å². The number of aliphatic hydroxyl groups excluding tert-OH is 1. The summed E-state index contributed by atoms with van der Waals surface area (Å²) in [5, 5.41) is 28.4. The van der Waals surface area contributed by atoms with Crippen LogP contribution in [0.5, 0.6) is 0 Å². The number of aromatic nitrogens is 4. The molecule has 35 heavy (non-hydrogen) atoms. The first-order chi connectivity index (χ1) is 17.0. The standard InChI is InChI=1S/C25H30N8O2/c1-17-14-27-25(30-21-15-28-33(16-21)22-7-9-32(10-8-22)11-12-34)31-23(17)19-3-5-20(6-4-19)24(35)29-18(2)13-26/h3-6,14-16,18,22,34H,7-12H2,1-2H3,(H,29,35)(H,27,30,31). The lowest BCUT2D eigenvalue weighted by atomic mass is 10.1. The lowest BCUT2D eigenvalue weighted by Gasteiger charge is -2.31. The molecule has 1 aromatic carbocycles. The van der Waals surface area contributed by atoms with E-state index in [-0.39, 0.29) is 12.5 Å². The van der Waals surface area contributed by atoms with Crippen LogP contribution in [0.3, 0.4) is 0 Å². The van der Waals surface area contributed by atoms with Crippen molar-refractivity contribution in [1.29, 1.82) is 5.26 Å². The number of hydrogen-bond donors (Lipinski definition) is 3. The summed E-state index contributed by atoms with van der Waals surface area (Å²) in [5.41, 5.74) is 3.84. The van der Waals surface area contributed by atoms with Gasteiger partial charge in [0, 0.05) is 43.2 Å². The lowest BCUT2D eigenvalue weighted by molar-refractivity contribution is 0.0948. The van der Waals surface area contributed by atoms with Crippen LogP contribution in [0.15, 0.2) is 42.9 Å². The third kappa shape index (κ3) is 6.01. The second kappa shape index (κ2) is 11.1. The number of hydrogen-bond acceptors (Lipinski definition) is 8. The maximum atomic E-state index is 12.2. The van der Waals surface area contributed by atoms with Crippen LogP contribution < -0.4 is 10.6 Å². The van der Waals surface area contributed by atoms with Gasteiger partial charge in [0.25, 0.3) is 5.91 Å². The second-order valence-corrected chi connectivity index (χ2v) is 8.76. The van der Waals surface area contributed by atoms with E-state index in [1.54, 1.807) is 31.5 Å². The van der Waals surface area contributed by atoms with Crippen molar-refractivity contribution in [3.8, 4) is 17.3 Å². The highest BCUT2D eigenvalue weighted by molar-refractivity contribution is 5.95. The zero-order valence-electron chi connectivity index (χ0n) is 20.0. The Hall–Kier alpha value is -3.81. The van der Waals surface area contributed by atoms with Gasteiger partial charge < -0.3 is 20.6 Å². The van der Waals surface area contributed by atoms with Crippen LogP contribution in [0.25, 0.3) is 11.3 Å². The highest BCUT2D eigenvalue weighted by atomic mass is 16.3. The molecular formula is C25H30N8O2. The van der Waals surface area contributed by atoms with Gasteiger partial charge in [-0.2, -0.15) is 10.4 Å². The van der Waals surface area contributed by atoms with Gasteiger partial charge in [0.05, 0.1) is 36.3 Å². The Labute approximate surface area is 204 Å². The van der Waals surface area contributed by atoms with E-state index in [1.807, 2.05) is 36.0 Å². The normalized spacial score (nSPS) is 15.4. The zero-order chi connectivity index (χ0) is 24.8. The smallest absolute Gasteiger partial charge is 0.252 e. The number of carbonyl (C=O) groups excluding carboxylic acids is 1. The number of nitrogens with one attached hydrogen (secondary N) is 2. The van der Waals surface area contributed by atoms with Crippen LogP contribution in [-0.4, -0.2) is 67.9 Å². The second-order valence-electron chi connectivity index (χ2n) is 8.76. The lowest BCUT2D eigenvalue weighted by Crippen LogP contribution is -2.36. The Morgan fingerprint density at radius 3 is 2.69 bits per heavy atom. The summed E-state index contributed by atoms with van der Waals surface area (Å²) in [6, 6.07) is 8.90. The van der Waals surface area contributed by atoms with Crippen molar-refractivity contribution in [2.24, 2.45) is 0 Å². The molecule has 4 rings (SSSR count). The minimum atomic E-state index is -0.552. The number of nitrogens with zero attached hydrogens (tertiary/aromatic N) is 6. The van der Waals surface area contributed by atoms with Gasteiger partial charge in [-0.15, -0.1) is 0 Å². The van der Waals surface area contributed by atoms with Crippen molar-refractivity contribution in [2.75, 3.05) is 31.6 Å². The number of anilines is 2. The summed E-state index contributed by atoms with van der Waals surface area (Å²) in [5.74, 6) is 0.177. The van der Waals surface area contributed by atoms with E-state index in [4.69, 9.17) is 15.4 Å². The Balaban J connectivity index is 1.43. The van der Waals surface area contributed by atoms with Crippen molar-refractivity contribution in [2.45, 2.75) is 38.8 Å². The van der Waals surface area contributed by atoms with Gasteiger partial charge in [-0.25, -0.2) is 9.97 Å². The number of β-amino-alcohol motifs (C(OH)–C–C–N with tert-alkyl or cyclic N) is 1. The molecule has 1 aliphatic heterocycles. The third-order valence-corrected chi connectivity index (χ3v) is 6.14. The fourth-order valence-electron chi connectivity index (χ4n) is 4.17. The molecular weight excluding hydrogens is 444 g/mol. The first kappa shape index (κ1) is 24.3. The van der Waals surface area contributed by atoms with E-state index in [0.717, 1.165) is 55.0 Å².